The molecular formula is C38H23NO2. The second-order valence-corrected chi connectivity index (χ2v) is 10.5. The highest BCUT2D eigenvalue weighted by Crippen LogP contribution is 2.42. The molecule has 0 aliphatic heterocycles. The van der Waals surface area contributed by atoms with Crippen LogP contribution < -0.4 is 0 Å². The van der Waals surface area contributed by atoms with Crippen LogP contribution in [0.25, 0.3) is 82.9 Å². The topological polar surface area (TPSA) is 31.2 Å². The summed E-state index contributed by atoms with van der Waals surface area (Å²) in [4.78, 5) is 0. The van der Waals surface area contributed by atoms with Crippen LogP contribution in [0.2, 0.25) is 0 Å². The van der Waals surface area contributed by atoms with Crippen molar-refractivity contribution >= 4 is 54.9 Å². The molecule has 0 aliphatic carbocycles. The van der Waals surface area contributed by atoms with Gasteiger partial charge in [-0.15, -0.1) is 0 Å². The van der Waals surface area contributed by atoms with Crippen molar-refractivity contribution in [3.05, 3.63) is 140 Å². The molecule has 0 unspecified atom stereocenters. The summed E-state index contributed by atoms with van der Waals surface area (Å²) in [7, 11) is 0. The third-order valence-corrected chi connectivity index (χ3v) is 8.23. The summed E-state index contributed by atoms with van der Waals surface area (Å²) in [5, 5.41) is 4.50. The van der Waals surface area contributed by atoms with Gasteiger partial charge in [0.05, 0.1) is 5.52 Å². The summed E-state index contributed by atoms with van der Waals surface area (Å²) in [5.41, 5.74) is 11.4. The van der Waals surface area contributed by atoms with Crippen LogP contribution in [-0.2, 0) is 0 Å². The number of para-hydroxylation sites is 5. The van der Waals surface area contributed by atoms with Crippen LogP contribution in [0.15, 0.2) is 148 Å². The smallest absolute Gasteiger partial charge is 0.161 e. The number of furan rings is 2. The first-order valence-electron chi connectivity index (χ1n) is 13.9. The predicted octanol–water partition coefficient (Wildman–Crippen LogP) is 10.8. The van der Waals surface area contributed by atoms with Crippen LogP contribution in [0, 0.1) is 0 Å². The molecule has 0 fully saturated rings. The average molecular weight is 526 g/mol. The molecule has 9 aromatic rings. The number of fused-ring (bicyclic) bond motifs is 8. The Morgan fingerprint density at radius 3 is 1.73 bits per heavy atom. The molecule has 0 saturated heterocycles. The van der Waals surface area contributed by atoms with Gasteiger partial charge in [0.1, 0.15) is 22.3 Å². The zero-order valence-electron chi connectivity index (χ0n) is 22.0. The zero-order chi connectivity index (χ0) is 26.9. The van der Waals surface area contributed by atoms with Gasteiger partial charge in [-0.3, -0.25) is 0 Å². The Hall–Kier alpha value is -5.54. The Morgan fingerprint density at radius 1 is 0.390 bits per heavy atom. The number of nitrogens with zero attached hydrogens (tertiary/aromatic N) is 1. The molecule has 0 amide bonds. The number of hydrogen-bond donors (Lipinski definition) is 0. The number of aromatic nitrogens is 1. The molecule has 0 spiro atoms. The second kappa shape index (κ2) is 8.48. The molecule has 6 aromatic carbocycles. The van der Waals surface area contributed by atoms with Gasteiger partial charge in [-0.1, -0.05) is 103 Å². The van der Waals surface area contributed by atoms with Crippen LogP contribution in [0.5, 0.6) is 0 Å². The van der Waals surface area contributed by atoms with E-state index in [9.17, 15) is 0 Å². The predicted molar refractivity (Wildman–Crippen MR) is 169 cm³/mol. The van der Waals surface area contributed by atoms with Gasteiger partial charge < -0.3 is 13.4 Å². The van der Waals surface area contributed by atoms with Crippen molar-refractivity contribution in [2.75, 3.05) is 0 Å². The van der Waals surface area contributed by atoms with E-state index in [0.29, 0.717) is 0 Å². The van der Waals surface area contributed by atoms with Crippen molar-refractivity contribution in [2.24, 2.45) is 0 Å². The molecule has 0 bridgehead atoms. The van der Waals surface area contributed by atoms with E-state index >= 15 is 0 Å². The van der Waals surface area contributed by atoms with Crippen LogP contribution in [0.1, 0.15) is 0 Å². The molecule has 41 heavy (non-hydrogen) atoms. The van der Waals surface area contributed by atoms with E-state index in [4.69, 9.17) is 8.83 Å². The largest absolute Gasteiger partial charge is 0.455 e. The number of hydrogen-bond acceptors (Lipinski definition) is 2. The maximum atomic E-state index is 6.72. The lowest BCUT2D eigenvalue weighted by atomic mass is 9.98. The Kier molecular flexibility index (Phi) is 4.61. The summed E-state index contributed by atoms with van der Waals surface area (Å²) in [6.45, 7) is 0. The molecule has 3 heteroatoms. The third kappa shape index (κ3) is 3.20. The molecule has 192 valence electrons. The quantitative estimate of drug-likeness (QED) is 0.230. The summed E-state index contributed by atoms with van der Waals surface area (Å²) in [6.07, 6.45) is 0. The molecule has 3 nitrogen and oxygen atoms in total. The minimum atomic E-state index is 0.903. The Morgan fingerprint density at radius 2 is 0.976 bits per heavy atom. The van der Waals surface area contributed by atoms with Gasteiger partial charge in [-0.05, 0) is 47.5 Å². The van der Waals surface area contributed by atoms with E-state index < -0.39 is 0 Å². The number of benzene rings is 6. The standard InChI is InChI=1S/C38H23NO2/c1-2-10-26(11-3-1)39-33-18-6-4-13-31(33)38-35(39)32-17-9-15-28(37(32)41-38)25-22-20-24(21-23-25)27-14-8-16-30-29-12-5-7-19-34(29)40-36(27)30/h1-23H. The zero-order valence-corrected chi connectivity index (χ0v) is 22.0. The fourth-order valence-electron chi connectivity index (χ4n) is 6.37. The molecule has 3 heterocycles. The van der Waals surface area contributed by atoms with E-state index in [-0.39, 0.29) is 0 Å². The summed E-state index contributed by atoms with van der Waals surface area (Å²) in [6, 6.07) is 48.7. The average Bonchev–Trinajstić information content (AvgIpc) is 3.70. The first-order chi connectivity index (χ1) is 20.3. The van der Waals surface area contributed by atoms with E-state index in [2.05, 4.69) is 132 Å². The van der Waals surface area contributed by atoms with Gasteiger partial charge in [-0.2, -0.15) is 0 Å². The van der Waals surface area contributed by atoms with Crippen molar-refractivity contribution in [3.63, 3.8) is 0 Å². The number of rotatable bonds is 3. The highest BCUT2D eigenvalue weighted by Gasteiger charge is 2.21. The maximum Gasteiger partial charge on any atom is 0.161 e. The van der Waals surface area contributed by atoms with Crippen LogP contribution in [0.4, 0.5) is 0 Å². The van der Waals surface area contributed by atoms with Gasteiger partial charge in [0.2, 0.25) is 0 Å². The third-order valence-electron chi connectivity index (χ3n) is 8.23. The molecule has 0 saturated carbocycles. The normalized spacial score (nSPS) is 11.9. The van der Waals surface area contributed by atoms with Crippen LogP contribution in [-0.4, -0.2) is 4.57 Å². The van der Waals surface area contributed by atoms with E-state index in [0.717, 1.165) is 82.9 Å². The van der Waals surface area contributed by atoms with Crippen molar-refractivity contribution in [2.45, 2.75) is 0 Å². The SMILES string of the molecule is c1ccc(-n2c3ccccc3c3oc4c(-c5ccc(-c6cccc7c6oc6ccccc67)cc5)cccc4c32)cc1. The van der Waals surface area contributed by atoms with E-state index in [1.165, 1.54) is 0 Å². The minimum absolute atomic E-state index is 0.903. The first-order valence-corrected chi connectivity index (χ1v) is 13.9. The van der Waals surface area contributed by atoms with Gasteiger partial charge >= 0.3 is 0 Å². The molecular weight excluding hydrogens is 502 g/mol. The van der Waals surface area contributed by atoms with E-state index in [1.807, 2.05) is 12.1 Å². The van der Waals surface area contributed by atoms with Crippen molar-refractivity contribution in [3.8, 4) is 27.9 Å². The molecule has 3 aromatic heterocycles. The Balaban J connectivity index is 1.22. The summed E-state index contributed by atoms with van der Waals surface area (Å²) in [5.74, 6) is 0. The van der Waals surface area contributed by atoms with Crippen molar-refractivity contribution in [1.29, 1.82) is 0 Å². The highest BCUT2D eigenvalue weighted by molar-refractivity contribution is 6.18. The molecule has 9 rings (SSSR count). The lowest BCUT2D eigenvalue weighted by molar-refractivity contribution is 0.670. The van der Waals surface area contributed by atoms with E-state index in [1.54, 1.807) is 0 Å². The highest BCUT2D eigenvalue weighted by atomic mass is 16.3. The van der Waals surface area contributed by atoms with Crippen LogP contribution in [0.3, 0.4) is 0 Å². The summed E-state index contributed by atoms with van der Waals surface area (Å²) >= 11 is 0. The van der Waals surface area contributed by atoms with Gasteiger partial charge in [0, 0.05) is 38.4 Å². The molecule has 0 N–H and O–H groups in total. The fraction of sp³-hybridized carbons (Fsp3) is 0. The Bertz CT molecular complexity index is 2400. The van der Waals surface area contributed by atoms with Gasteiger partial charge in [-0.25, -0.2) is 0 Å². The lowest BCUT2D eigenvalue weighted by Gasteiger charge is -2.08. The molecule has 0 radical (unpaired) electrons. The van der Waals surface area contributed by atoms with Gasteiger partial charge in [0.15, 0.2) is 5.58 Å². The first kappa shape index (κ1) is 22.3. The fourth-order valence-corrected chi connectivity index (χ4v) is 6.37. The van der Waals surface area contributed by atoms with Gasteiger partial charge in [0.25, 0.3) is 0 Å². The van der Waals surface area contributed by atoms with Crippen LogP contribution >= 0.6 is 0 Å². The van der Waals surface area contributed by atoms with Crippen molar-refractivity contribution < 1.29 is 8.83 Å². The maximum absolute atomic E-state index is 6.72. The summed E-state index contributed by atoms with van der Waals surface area (Å²) < 4.78 is 15.3. The Labute approximate surface area is 235 Å². The van der Waals surface area contributed by atoms with Crippen molar-refractivity contribution in [1.82, 2.24) is 4.57 Å². The lowest BCUT2D eigenvalue weighted by Crippen LogP contribution is -1.92. The monoisotopic (exact) mass is 525 g/mol. The molecule has 0 atom stereocenters. The second-order valence-electron chi connectivity index (χ2n) is 10.5. The minimum Gasteiger partial charge on any atom is -0.455 e. The molecule has 0 aliphatic rings.